The van der Waals surface area contributed by atoms with E-state index in [2.05, 4.69) is 4.90 Å². The largest absolute Gasteiger partial charge is 0.487 e. The summed E-state index contributed by atoms with van der Waals surface area (Å²) in [5.41, 5.74) is 0.582. The van der Waals surface area contributed by atoms with Gasteiger partial charge in [-0.15, -0.1) is 0 Å². The molecule has 0 saturated carbocycles. The molecule has 6 nitrogen and oxygen atoms in total. The lowest BCUT2D eigenvalue weighted by Crippen LogP contribution is -2.45. The molecule has 0 N–H and O–H groups in total. The van der Waals surface area contributed by atoms with E-state index in [-0.39, 0.29) is 17.0 Å². The van der Waals surface area contributed by atoms with Crippen LogP contribution in [0.1, 0.15) is 18.5 Å². The Hall–Kier alpha value is -2.59. The molecule has 1 atom stereocenters. The Labute approximate surface area is 144 Å². The molecule has 0 amide bonds. The average molecular weight is 342 g/mol. The molecule has 7 heteroatoms. The molecule has 2 aliphatic heterocycles. The van der Waals surface area contributed by atoms with Crippen molar-refractivity contribution >= 4 is 16.6 Å². The zero-order valence-corrected chi connectivity index (χ0v) is 14.3. The molecule has 25 heavy (non-hydrogen) atoms. The van der Waals surface area contributed by atoms with Crippen LogP contribution in [0.25, 0.3) is 10.9 Å². The van der Waals surface area contributed by atoms with Crippen molar-refractivity contribution in [2.45, 2.75) is 13.0 Å². The second-order valence-corrected chi connectivity index (χ2v) is 6.77. The van der Waals surface area contributed by atoms with Gasteiger partial charge in [0.25, 0.3) is 0 Å². The summed E-state index contributed by atoms with van der Waals surface area (Å²) < 4.78 is 22.7. The Balaban J connectivity index is 2.00. The van der Waals surface area contributed by atoms with Crippen LogP contribution in [-0.2, 0) is 0 Å². The van der Waals surface area contributed by atoms with Gasteiger partial charge < -0.3 is 19.1 Å². The van der Waals surface area contributed by atoms with E-state index in [1.54, 1.807) is 6.20 Å². The van der Waals surface area contributed by atoms with Crippen molar-refractivity contribution in [3.05, 3.63) is 33.9 Å². The van der Waals surface area contributed by atoms with Gasteiger partial charge in [0.15, 0.2) is 11.6 Å². The molecular weight excluding hydrogens is 323 g/mol. The highest BCUT2D eigenvalue weighted by atomic mass is 19.1. The number of piperazine rings is 1. The molecule has 0 spiro atoms. The maximum absolute atomic E-state index is 15.0. The van der Waals surface area contributed by atoms with Crippen molar-refractivity contribution in [3.8, 4) is 11.8 Å². The van der Waals surface area contributed by atoms with E-state index in [1.165, 1.54) is 6.07 Å². The van der Waals surface area contributed by atoms with Crippen LogP contribution in [0.5, 0.6) is 5.75 Å². The summed E-state index contributed by atoms with van der Waals surface area (Å²) in [6.45, 7) is 5.41. The summed E-state index contributed by atoms with van der Waals surface area (Å²) in [4.78, 5) is 16.7. The van der Waals surface area contributed by atoms with Crippen LogP contribution in [-0.4, -0.2) is 49.3 Å². The van der Waals surface area contributed by atoms with Gasteiger partial charge in [-0.2, -0.15) is 5.26 Å². The van der Waals surface area contributed by atoms with E-state index < -0.39 is 11.2 Å². The number of hydrogen-bond acceptors (Lipinski definition) is 5. The third-order valence-corrected chi connectivity index (χ3v) is 5.08. The van der Waals surface area contributed by atoms with Crippen molar-refractivity contribution in [3.63, 3.8) is 0 Å². The Kier molecular flexibility index (Phi) is 3.65. The summed E-state index contributed by atoms with van der Waals surface area (Å²) in [5.74, 6) is -0.0559. The zero-order valence-electron chi connectivity index (χ0n) is 14.3. The van der Waals surface area contributed by atoms with E-state index in [1.807, 2.05) is 29.5 Å². The number of benzene rings is 1. The molecular formula is C18H19FN4O2. The number of ether oxygens (including phenoxy) is 1. The highest BCUT2D eigenvalue weighted by Gasteiger charge is 2.30. The van der Waals surface area contributed by atoms with Crippen molar-refractivity contribution in [1.82, 2.24) is 9.47 Å². The molecule has 4 rings (SSSR count). The lowest BCUT2D eigenvalue weighted by Gasteiger charge is -2.37. The quantitative estimate of drug-likeness (QED) is 0.790. The summed E-state index contributed by atoms with van der Waals surface area (Å²) in [6, 6.07) is 3.14. The van der Waals surface area contributed by atoms with Crippen molar-refractivity contribution in [2.75, 3.05) is 44.7 Å². The van der Waals surface area contributed by atoms with Crippen LogP contribution in [0.3, 0.4) is 0 Å². The molecule has 3 heterocycles. The Bertz CT molecular complexity index is 954. The number of rotatable bonds is 1. The van der Waals surface area contributed by atoms with Crippen LogP contribution >= 0.6 is 0 Å². The molecule has 1 aromatic heterocycles. The van der Waals surface area contributed by atoms with Gasteiger partial charge in [0.05, 0.1) is 16.9 Å². The maximum Gasteiger partial charge on any atom is 0.207 e. The van der Waals surface area contributed by atoms with Gasteiger partial charge >= 0.3 is 0 Å². The number of halogens is 1. The topological polar surface area (TPSA) is 61.5 Å². The van der Waals surface area contributed by atoms with E-state index in [9.17, 15) is 14.4 Å². The minimum atomic E-state index is -0.472. The molecule has 2 aliphatic rings. The molecule has 1 fully saturated rings. The Morgan fingerprint density at radius 3 is 2.72 bits per heavy atom. The number of likely N-dealkylation sites (N-methyl/N-ethyl adjacent to an activating group) is 1. The first-order valence-corrected chi connectivity index (χ1v) is 8.39. The first-order valence-electron chi connectivity index (χ1n) is 8.39. The average Bonchev–Trinajstić information content (AvgIpc) is 2.60. The molecule has 0 bridgehead atoms. The van der Waals surface area contributed by atoms with Crippen LogP contribution < -0.4 is 15.1 Å². The predicted octanol–water partition coefficient (Wildman–Crippen LogP) is 1.72. The fourth-order valence-electron chi connectivity index (χ4n) is 3.62. The van der Waals surface area contributed by atoms with Crippen molar-refractivity contribution < 1.29 is 9.13 Å². The summed E-state index contributed by atoms with van der Waals surface area (Å²) in [6.07, 6.45) is 1.56. The van der Waals surface area contributed by atoms with Gasteiger partial charge in [0, 0.05) is 32.4 Å². The summed E-state index contributed by atoms with van der Waals surface area (Å²) in [7, 11) is 2.04. The third-order valence-electron chi connectivity index (χ3n) is 5.08. The summed E-state index contributed by atoms with van der Waals surface area (Å²) >= 11 is 0. The minimum absolute atomic E-state index is 0.0268. The molecule has 130 valence electrons. The molecule has 0 aliphatic carbocycles. The van der Waals surface area contributed by atoms with Crippen LogP contribution in [0.4, 0.5) is 10.1 Å². The Morgan fingerprint density at radius 2 is 2.04 bits per heavy atom. The maximum atomic E-state index is 15.0. The number of pyridine rings is 1. The van der Waals surface area contributed by atoms with Crippen molar-refractivity contribution in [2.24, 2.45) is 0 Å². The molecule has 0 radical (unpaired) electrons. The second-order valence-electron chi connectivity index (χ2n) is 6.77. The highest BCUT2D eigenvalue weighted by Crippen LogP contribution is 2.41. The van der Waals surface area contributed by atoms with Crippen LogP contribution in [0.15, 0.2) is 17.1 Å². The SMILES string of the molecule is CC1COc2c(N3CCN(C)CC3)c(F)cc3c(=O)c(C#N)cn1c23. The second kappa shape index (κ2) is 5.74. The fraction of sp³-hybridized carbons (Fsp3) is 0.444. The van der Waals surface area contributed by atoms with Crippen molar-refractivity contribution in [1.29, 1.82) is 5.26 Å². The van der Waals surface area contributed by atoms with Gasteiger partial charge in [-0.25, -0.2) is 4.39 Å². The van der Waals surface area contributed by atoms with Gasteiger partial charge in [0.1, 0.15) is 23.9 Å². The summed E-state index contributed by atoms with van der Waals surface area (Å²) in [5, 5.41) is 9.43. The smallest absolute Gasteiger partial charge is 0.207 e. The standard InChI is InChI=1S/C18H19FN4O2/c1-11-10-25-18-15-13(17(24)12(8-20)9-23(11)15)7-14(19)16(18)22-5-3-21(2)4-6-22/h7,9,11H,3-6,10H2,1-2H3. The molecule has 2 aromatic rings. The number of nitriles is 1. The van der Waals surface area contributed by atoms with E-state index >= 15 is 0 Å². The normalized spacial score (nSPS) is 20.4. The number of aromatic nitrogens is 1. The Morgan fingerprint density at radius 1 is 1.32 bits per heavy atom. The zero-order chi connectivity index (χ0) is 17.7. The van der Waals surface area contributed by atoms with E-state index in [0.29, 0.717) is 36.6 Å². The first kappa shape index (κ1) is 15.9. The third kappa shape index (κ3) is 2.36. The van der Waals surface area contributed by atoms with Gasteiger partial charge in [0.2, 0.25) is 5.43 Å². The predicted molar refractivity (Wildman–Crippen MR) is 92.8 cm³/mol. The number of hydrogen-bond donors (Lipinski definition) is 0. The van der Waals surface area contributed by atoms with E-state index in [0.717, 1.165) is 13.1 Å². The lowest BCUT2D eigenvalue weighted by atomic mass is 10.1. The monoisotopic (exact) mass is 342 g/mol. The number of anilines is 1. The molecule has 1 aromatic carbocycles. The fourth-order valence-corrected chi connectivity index (χ4v) is 3.62. The van der Waals surface area contributed by atoms with Crippen LogP contribution in [0.2, 0.25) is 0 Å². The molecule has 1 unspecified atom stereocenters. The van der Waals surface area contributed by atoms with E-state index in [4.69, 9.17) is 4.74 Å². The van der Waals surface area contributed by atoms with Gasteiger partial charge in [-0.3, -0.25) is 4.79 Å². The number of nitrogens with zero attached hydrogens (tertiary/aromatic N) is 4. The first-order chi connectivity index (χ1) is 12.0. The minimum Gasteiger partial charge on any atom is -0.487 e. The van der Waals surface area contributed by atoms with Gasteiger partial charge in [-0.1, -0.05) is 0 Å². The molecule has 1 saturated heterocycles. The lowest BCUT2D eigenvalue weighted by molar-refractivity contribution is 0.245. The van der Waals surface area contributed by atoms with Gasteiger partial charge in [-0.05, 0) is 20.0 Å². The highest BCUT2D eigenvalue weighted by molar-refractivity contribution is 5.92. The van der Waals surface area contributed by atoms with Crippen LogP contribution in [0, 0.1) is 17.1 Å².